The molecule has 0 aliphatic heterocycles. The molecule has 0 atom stereocenters. The molecule has 0 saturated carbocycles. The van der Waals surface area contributed by atoms with E-state index in [2.05, 4.69) is 0 Å². The molecule has 130 valence electrons. The van der Waals surface area contributed by atoms with E-state index >= 15 is 0 Å². The van der Waals surface area contributed by atoms with Gasteiger partial charge in [0, 0.05) is 11.5 Å². The topological polar surface area (TPSA) is 73.6 Å². The van der Waals surface area contributed by atoms with Crippen LogP contribution in [0, 0.1) is 0 Å². The van der Waals surface area contributed by atoms with Crippen LogP contribution in [-0.2, 0) is 9.84 Å². The molecule has 5 nitrogen and oxygen atoms in total. The number of hydrogen-bond acceptors (Lipinski definition) is 5. The van der Waals surface area contributed by atoms with Crippen LogP contribution in [0.25, 0.3) is 11.0 Å². The lowest BCUT2D eigenvalue weighted by atomic mass is 10.0. The van der Waals surface area contributed by atoms with Gasteiger partial charge in [-0.1, -0.05) is 26.0 Å². The molecule has 0 radical (unpaired) electrons. The second kappa shape index (κ2) is 6.37. The molecule has 0 amide bonds. The van der Waals surface area contributed by atoms with E-state index in [1.54, 1.807) is 30.3 Å². The Morgan fingerprint density at radius 2 is 1.68 bits per heavy atom. The van der Waals surface area contributed by atoms with E-state index < -0.39 is 15.5 Å². The van der Waals surface area contributed by atoms with Crippen molar-refractivity contribution in [1.29, 1.82) is 0 Å². The second-order valence-electron chi connectivity index (χ2n) is 6.03. The third-order valence-corrected chi connectivity index (χ3v) is 5.81. The zero-order valence-electron chi connectivity index (χ0n) is 14.1. The lowest BCUT2D eigenvalue weighted by Gasteiger charge is -2.08. The number of fused-ring (bicyclic) bond motifs is 1. The number of benzene rings is 2. The highest BCUT2D eigenvalue weighted by molar-refractivity contribution is 7.91. The average molecular weight is 358 g/mol. The molecule has 0 aliphatic carbocycles. The van der Waals surface area contributed by atoms with Gasteiger partial charge >= 0.3 is 5.63 Å². The first-order chi connectivity index (χ1) is 11.8. The minimum absolute atomic E-state index is 0.0667. The van der Waals surface area contributed by atoms with Crippen LogP contribution >= 0.6 is 0 Å². The van der Waals surface area contributed by atoms with Crippen molar-refractivity contribution in [2.45, 2.75) is 29.6 Å². The summed E-state index contributed by atoms with van der Waals surface area (Å²) in [5, 5.41) is 0.512. The molecule has 0 bridgehead atoms. The first kappa shape index (κ1) is 17.2. The Morgan fingerprint density at radius 1 is 1.00 bits per heavy atom. The largest absolute Gasteiger partial charge is 0.497 e. The van der Waals surface area contributed by atoms with Crippen molar-refractivity contribution >= 4 is 20.8 Å². The standard InChI is InChI=1S/C19H18O5S/c1-12(2)13-5-8-16(9-6-13)25(21,22)18-10-14-4-7-15(23-3)11-17(14)24-19(18)20/h4-12H,1-3H3. The smallest absolute Gasteiger partial charge is 0.355 e. The Hall–Kier alpha value is -2.60. The summed E-state index contributed by atoms with van der Waals surface area (Å²) in [5.41, 5.74) is 0.406. The predicted molar refractivity (Wildman–Crippen MR) is 95.0 cm³/mol. The molecule has 1 heterocycles. The van der Waals surface area contributed by atoms with Gasteiger partial charge in [0.05, 0.1) is 12.0 Å². The molecule has 1 aromatic heterocycles. The predicted octanol–water partition coefficient (Wildman–Crippen LogP) is 3.76. The van der Waals surface area contributed by atoms with Gasteiger partial charge in [0.25, 0.3) is 0 Å². The summed E-state index contributed by atoms with van der Waals surface area (Å²) in [7, 11) is -2.46. The van der Waals surface area contributed by atoms with Gasteiger partial charge < -0.3 is 9.15 Å². The maximum atomic E-state index is 12.8. The Bertz CT molecular complexity index is 1080. The van der Waals surface area contributed by atoms with Crippen LogP contribution in [0.2, 0.25) is 0 Å². The number of sulfone groups is 1. The molecule has 3 aromatic rings. The fourth-order valence-corrected chi connectivity index (χ4v) is 3.84. The van der Waals surface area contributed by atoms with Crippen LogP contribution in [0.3, 0.4) is 0 Å². The molecule has 2 aromatic carbocycles. The number of hydrogen-bond donors (Lipinski definition) is 0. The van der Waals surface area contributed by atoms with E-state index in [4.69, 9.17) is 9.15 Å². The molecular formula is C19H18O5S. The van der Waals surface area contributed by atoms with Gasteiger partial charge in [0.2, 0.25) is 9.84 Å². The van der Waals surface area contributed by atoms with Gasteiger partial charge in [-0.05, 0) is 41.8 Å². The molecule has 0 N–H and O–H groups in total. The van der Waals surface area contributed by atoms with Crippen molar-refractivity contribution in [2.75, 3.05) is 7.11 Å². The summed E-state index contributed by atoms with van der Waals surface area (Å²) < 4.78 is 35.9. The van der Waals surface area contributed by atoms with Crippen molar-refractivity contribution in [2.24, 2.45) is 0 Å². The molecule has 0 fully saturated rings. The highest BCUT2D eigenvalue weighted by Crippen LogP contribution is 2.25. The molecule has 0 aliphatic rings. The fraction of sp³-hybridized carbons (Fsp3) is 0.211. The molecular weight excluding hydrogens is 340 g/mol. The Balaban J connectivity index is 2.13. The van der Waals surface area contributed by atoms with E-state index in [0.717, 1.165) is 5.56 Å². The highest BCUT2D eigenvalue weighted by atomic mass is 32.2. The third kappa shape index (κ3) is 3.17. The number of methoxy groups -OCH3 is 1. The zero-order valence-corrected chi connectivity index (χ0v) is 15.0. The van der Waals surface area contributed by atoms with E-state index in [9.17, 15) is 13.2 Å². The van der Waals surface area contributed by atoms with Crippen LogP contribution in [0.4, 0.5) is 0 Å². The Kier molecular flexibility index (Phi) is 4.39. The highest BCUT2D eigenvalue weighted by Gasteiger charge is 2.23. The maximum Gasteiger partial charge on any atom is 0.355 e. The lowest BCUT2D eigenvalue weighted by molar-refractivity contribution is 0.414. The molecule has 25 heavy (non-hydrogen) atoms. The van der Waals surface area contributed by atoms with Crippen molar-refractivity contribution in [3.05, 3.63) is 64.5 Å². The minimum Gasteiger partial charge on any atom is -0.497 e. The summed E-state index contributed by atoms with van der Waals surface area (Å²) in [5.74, 6) is 0.813. The van der Waals surface area contributed by atoms with Crippen LogP contribution < -0.4 is 10.4 Å². The number of rotatable bonds is 4. The summed E-state index contributed by atoms with van der Waals surface area (Å²) in [6.07, 6.45) is 0. The van der Waals surface area contributed by atoms with Gasteiger partial charge in [-0.3, -0.25) is 0 Å². The quantitative estimate of drug-likeness (QED) is 0.664. The zero-order chi connectivity index (χ0) is 18.2. The second-order valence-corrected chi connectivity index (χ2v) is 7.95. The molecule has 0 spiro atoms. The Labute approximate surface area is 145 Å². The summed E-state index contributed by atoms with van der Waals surface area (Å²) >= 11 is 0. The van der Waals surface area contributed by atoms with Crippen molar-refractivity contribution in [1.82, 2.24) is 0 Å². The monoisotopic (exact) mass is 358 g/mol. The summed E-state index contributed by atoms with van der Waals surface area (Å²) in [6.45, 7) is 4.05. The van der Waals surface area contributed by atoms with Crippen LogP contribution in [-0.4, -0.2) is 15.5 Å². The van der Waals surface area contributed by atoms with E-state index in [1.807, 2.05) is 13.8 Å². The van der Waals surface area contributed by atoms with Gasteiger partial charge in [0.15, 0.2) is 4.90 Å². The molecule has 3 rings (SSSR count). The minimum atomic E-state index is -3.96. The fourth-order valence-electron chi connectivity index (χ4n) is 2.55. The maximum absolute atomic E-state index is 12.8. The van der Waals surface area contributed by atoms with Crippen molar-refractivity contribution in [3.63, 3.8) is 0 Å². The molecule has 0 unspecified atom stereocenters. The number of ether oxygens (including phenoxy) is 1. The normalized spacial score (nSPS) is 11.8. The first-order valence-electron chi connectivity index (χ1n) is 7.80. The van der Waals surface area contributed by atoms with Crippen molar-refractivity contribution < 1.29 is 17.6 Å². The van der Waals surface area contributed by atoms with Gasteiger partial charge in [-0.2, -0.15) is 0 Å². The van der Waals surface area contributed by atoms with Crippen LogP contribution in [0.1, 0.15) is 25.3 Å². The van der Waals surface area contributed by atoms with E-state index in [1.165, 1.54) is 25.3 Å². The molecule has 0 saturated heterocycles. The van der Waals surface area contributed by atoms with Gasteiger partial charge in [-0.25, -0.2) is 13.2 Å². The third-order valence-electron chi connectivity index (χ3n) is 4.06. The average Bonchev–Trinajstić information content (AvgIpc) is 2.60. The summed E-state index contributed by atoms with van der Waals surface area (Å²) in [4.78, 5) is 11.9. The van der Waals surface area contributed by atoms with Crippen molar-refractivity contribution in [3.8, 4) is 5.75 Å². The van der Waals surface area contributed by atoms with E-state index in [0.29, 0.717) is 11.1 Å². The lowest BCUT2D eigenvalue weighted by Crippen LogP contribution is -2.14. The SMILES string of the molecule is COc1ccc2cc(S(=O)(=O)c3ccc(C(C)C)cc3)c(=O)oc2c1. The molecule has 6 heteroatoms. The summed E-state index contributed by atoms with van der Waals surface area (Å²) in [6, 6.07) is 12.8. The Morgan fingerprint density at radius 3 is 2.28 bits per heavy atom. The van der Waals surface area contributed by atoms with Gasteiger partial charge in [-0.15, -0.1) is 0 Å². The van der Waals surface area contributed by atoms with Crippen LogP contribution in [0.5, 0.6) is 5.75 Å². The van der Waals surface area contributed by atoms with Crippen LogP contribution in [0.15, 0.2) is 67.5 Å². The van der Waals surface area contributed by atoms with E-state index in [-0.39, 0.29) is 21.3 Å². The van der Waals surface area contributed by atoms with Gasteiger partial charge in [0.1, 0.15) is 11.3 Å². The first-order valence-corrected chi connectivity index (χ1v) is 9.28.